The lowest BCUT2D eigenvalue weighted by atomic mass is 10.2. The predicted octanol–water partition coefficient (Wildman–Crippen LogP) is 4.25. The molecule has 21 heavy (non-hydrogen) atoms. The van der Waals surface area contributed by atoms with Gasteiger partial charge in [0.15, 0.2) is 0 Å². The van der Waals surface area contributed by atoms with Crippen LogP contribution in [0, 0.1) is 6.92 Å². The van der Waals surface area contributed by atoms with E-state index in [0.29, 0.717) is 12.4 Å². The van der Waals surface area contributed by atoms with Crippen LogP contribution in [0.5, 0.6) is 11.5 Å². The first-order chi connectivity index (χ1) is 10.2. The van der Waals surface area contributed by atoms with Crippen molar-refractivity contribution in [2.24, 2.45) is 0 Å². The van der Waals surface area contributed by atoms with Gasteiger partial charge in [-0.3, -0.25) is 0 Å². The fourth-order valence-electron chi connectivity index (χ4n) is 2.58. The molecule has 0 aliphatic heterocycles. The Kier molecular flexibility index (Phi) is 3.57. The number of aromatic nitrogens is 1. The standard InChI is InChI=1S/C18H19NO2/c1-3-19-15(10-14-6-7-16(20)11-18(14)19)12-21-17-8-4-13(2)5-9-17/h4-11,20H,3,12H2,1-2H3. The Morgan fingerprint density at radius 3 is 2.52 bits per heavy atom. The lowest BCUT2D eigenvalue weighted by Crippen LogP contribution is -2.04. The van der Waals surface area contributed by atoms with Gasteiger partial charge in [0.05, 0.1) is 11.2 Å². The summed E-state index contributed by atoms with van der Waals surface area (Å²) in [5.74, 6) is 1.16. The molecule has 1 heterocycles. The molecular formula is C18H19NO2. The topological polar surface area (TPSA) is 34.4 Å². The Morgan fingerprint density at radius 1 is 1.05 bits per heavy atom. The lowest BCUT2D eigenvalue weighted by molar-refractivity contribution is 0.296. The van der Waals surface area contributed by atoms with Gasteiger partial charge in [-0.05, 0) is 44.2 Å². The summed E-state index contributed by atoms with van der Waals surface area (Å²) < 4.78 is 8.04. The van der Waals surface area contributed by atoms with Crippen LogP contribution < -0.4 is 4.74 Å². The van der Waals surface area contributed by atoms with E-state index >= 15 is 0 Å². The van der Waals surface area contributed by atoms with Gasteiger partial charge in [-0.2, -0.15) is 0 Å². The molecule has 0 atom stereocenters. The second kappa shape index (κ2) is 5.52. The molecule has 0 spiro atoms. The predicted molar refractivity (Wildman–Crippen MR) is 84.8 cm³/mol. The highest BCUT2D eigenvalue weighted by Crippen LogP contribution is 2.25. The fourth-order valence-corrected chi connectivity index (χ4v) is 2.58. The first kappa shape index (κ1) is 13.6. The highest BCUT2D eigenvalue weighted by molar-refractivity contribution is 5.82. The molecule has 0 saturated heterocycles. The Balaban J connectivity index is 1.88. The smallest absolute Gasteiger partial charge is 0.128 e. The number of phenols is 1. The summed E-state index contributed by atoms with van der Waals surface area (Å²) in [6.07, 6.45) is 0. The summed E-state index contributed by atoms with van der Waals surface area (Å²) in [4.78, 5) is 0. The van der Waals surface area contributed by atoms with Crippen molar-refractivity contribution in [2.75, 3.05) is 0 Å². The van der Waals surface area contributed by atoms with Crippen LogP contribution >= 0.6 is 0 Å². The van der Waals surface area contributed by atoms with E-state index in [1.54, 1.807) is 12.1 Å². The van der Waals surface area contributed by atoms with Crippen molar-refractivity contribution in [3.05, 3.63) is 59.8 Å². The number of phenolic OH excluding ortho intramolecular Hbond substituents is 1. The highest BCUT2D eigenvalue weighted by Gasteiger charge is 2.09. The zero-order valence-corrected chi connectivity index (χ0v) is 12.3. The van der Waals surface area contributed by atoms with E-state index in [-0.39, 0.29) is 0 Å². The molecule has 0 amide bonds. The van der Waals surface area contributed by atoms with Crippen LogP contribution in [-0.4, -0.2) is 9.67 Å². The minimum atomic E-state index is 0.293. The van der Waals surface area contributed by atoms with Gasteiger partial charge < -0.3 is 14.4 Å². The second-order valence-corrected chi connectivity index (χ2v) is 5.22. The molecule has 2 aromatic carbocycles. The van der Waals surface area contributed by atoms with Crippen LogP contribution in [0.4, 0.5) is 0 Å². The zero-order valence-electron chi connectivity index (χ0n) is 12.3. The Hall–Kier alpha value is -2.42. The maximum atomic E-state index is 9.65. The number of aryl methyl sites for hydroxylation is 2. The van der Waals surface area contributed by atoms with Crippen molar-refractivity contribution in [3.63, 3.8) is 0 Å². The monoisotopic (exact) mass is 281 g/mol. The van der Waals surface area contributed by atoms with E-state index in [1.807, 2.05) is 30.3 Å². The van der Waals surface area contributed by atoms with Crippen molar-refractivity contribution in [3.8, 4) is 11.5 Å². The van der Waals surface area contributed by atoms with Crippen LogP contribution in [0.3, 0.4) is 0 Å². The summed E-state index contributed by atoms with van der Waals surface area (Å²) in [7, 11) is 0. The van der Waals surface area contributed by atoms with Gasteiger partial charge >= 0.3 is 0 Å². The molecule has 1 aromatic heterocycles. The Morgan fingerprint density at radius 2 is 1.81 bits per heavy atom. The first-order valence-electron chi connectivity index (χ1n) is 7.18. The minimum absolute atomic E-state index is 0.293. The SMILES string of the molecule is CCn1c(COc2ccc(C)cc2)cc2ccc(O)cc21. The number of hydrogen-bond donors (Lipinski definition) is 1. The maximum Gasteiger partial charge on any atom is 0.128 e. The van der Waals surface area contributed by atoms with Crippen LogP contribution in [-0.2, 0) is 13.2 Å². The maximum absolute atomic E-state index is 9.65. The van der Waals surface area contributed by atoms with E-state index in [2.05, 4.69) is 24.5 Å². The summed E-state index contributed by atoms with van der Waals surface area (Å²) in [5, 5.41) is 10.8. The van der Waals surface area contributed by atoms with E-state index in [1.165, 1.54) is 5.56 Å². The van der Waals surface area contributed by atoms with E-state index in [4.69, 9.17) is 4.74 Å². The van der Waals surface area contributed by atoms with Gasteiger partial charge in [-0.1, -0.05) is 17.7 Å². The van der Waals surface area contributed by atoms with Crippen LogP contribution in [0.25, 0.3) is 10.9 Å². The van der Waals surface area contributed by atoms with Gasteiger partial charge in [-0.15, -0.1) is 0 Å². The van der Waals surface area contributed by atoms with Gasteiger partial charge in [0.2, 0.25) is 0 Å². The number of hydrogen-bond acceptors (Lipinski definition) is 2. The largest absolute Gasteiger partial charge is 0.508 e. The molecule has 0 unspecified atom stereocenters. The van der Waals surface area contributed by atoms with Crippen molar-refractivity contribution in [2.45, 2.75) is 27.0 Å². The van der Waals surface area contributed by atoms with Crippen LogP contribution in [0.2, 0.25) is 0 Å². The molecule has 3 aromatic rings. The Labute approximate surface area is 124 Å². The lowest BCUT2D eigenvalue weighted by Gasteiger charge is -2.10. The molecule has 0 bridgehead atoms. The molecule has 3 heteroatoms. The molecule has 0 radical (unpaired) electrons. The van der Waals surface area contributed by atoms with Crippen molar-refractivity contribution < 1.29 is 9.84 Å². The van der Waals surface area contributed by atoms with Gasteiger partial charge in [-0.25, -0.2) is 0 Å². The van der Waals surface area contributed by atoms with Gasteiger partial charge in [0.1, 0.15) is 18.1 Å². The van der Waals surface area contributed by atoms with Gasteiger partial charge in [0, 0.05) is 18.0 Å². The number of fused-ring (bicyclic) bond motifs is 1. The third-order valence-electron chi connectivity index (χ3n) is 3.70. The van der Waals surface area contributed by atoms with E-state index in [0.717, 1.165) is 28.9 Å². The summed E-state index contributed by atoms with van der Waals surface area (Å²) in [6, 6.07) is 15.6. The average Bonchev–Trinajstić information content (AvgIpc) is 2.83. The minimum Gasteiger partial charge on any atom is -0.508 e. The first-order valence-corrected chi connectivity index (χ1v) is 7.18. The zero-order chi connectivity index (χ0) is 14.8. The van der Waals surface area contributed by atoms with Crippen LogP contribution in [0.15, 0.2) is 48.5 Å². The van der Waals surface area contributed by atoms with Gasteiger partial charge in [0.25, 0.3) is 0 Å². The molecular weight excluding hydrogens is 262 g/mol. The number of benzene rings is 2. The molecule has 3 rings (SSSR count). The molecule has 0 saturated carbocycles. The molecule has 1 N–H and O–H groups in total. The highest BCUT2D eigenvalue weighted by atomic mass is 16.5. The summed E-state index contributed by atoms with van der Waals surface area (Å²) >= 11 is 0. The van der Waals surface area contributed by atoms with E-state index in [9.17, 15) is 5.11 Å². The normalized spacial score (nSPS) is 11.0. The third-order valence-corrected chi connectivity index (χ3v) is 3.70. The van der Waals surface area contributed by atoms with Crippen molar-refractivity contribution in [1.29, 1.82) is 0 Å². The summed E-state index contributed by atoms with van der Waals surface area (Å²) in [6.45, 7) is 5.52. The van der Waals surface area contributed by atoms with E-state index < -0.39 is 0 Å². The third kappa shape index (κ3) is 2.72. The summed E-state index contributed by atoms with van der Waals surface area (Å²) in [5.41, 5.74) is 3.37. The molecule has 0 aliphatic rings. The second-order valence-electron chi connectivity index (χ2n) is 5.22. The molecule has 0 aliphatic carbocycles. The Bertz CT molecular complexity index is 757. The quantitative estimate of drug-likeness (QED) is 0.775. The number of ether oxygens (including phenoxy) is 1. The molecule has 108 valence electrons. The van der Waals surface area contributed by atoms with Crippen molar-refractivity contribution in [1.82, 2.24) is 4.57 Å². The van der Waals surface area contributed by atoms with Crippen molar-refractivity contribution >= 4 is 10.9 Å². The number of aromatic hydroxyl groups is 1. The molecule has 3 nitrogen and oxygen atoms in total. The fraction of sp³-hybridized carbons (Fsp3) is 0.222. The average molecular weight is 281 g/mol. The molecule has 0 fully saturated rings. The van der Waals surface area contributed by atoms with Crippen LogP contribution in [0.1, 0.15) is 18.2 Å². The number of rotatable bonds is 4. The number of nitrogens with zero attached hydrogens (tertiary/aromatic N) is 1.